The second kappa shape index (κ2) is 6.47. The zero-order valence-corrected chi connectivity index (χ0v) is 12.8. The molecule has 0 bridgehead atoms. The van der Waals surface area contributed by atoms with E-state index >= 15 is 0 Å². The molecule has 2 atom stereocenters. The van der Waals surface area contributed by atoms with E-state index in [9.17, 15) is 4.79 Å². The van der Waals surface area contributed by atoms with Crippen molar-refractivity contribution in [3.63, 3.8) is 0 Å². The van der Waals surface area contributed by atoms with Gasteiger partial charge in [0.2, 0.25) is 0 Å². The lowest BCUT2D eigenvalue weighted by atomic mass is 10.3. The van der Waals surface area contributed by atoms with E-state index in [0.29, 0.717) is 17.0 Å². The van der Waals surface area contributed by atoms with Crippen molar-refractivity contribution in [2.24, 2.45) is 5.73 Å². The zero-order chi connectivity index (χ0) is 13.8. The van der Waals surface area contributed by atoms with Crippen molar-refractivity contribution < 1.29 is 4.79 Å². The van der Waals surface area contributed by atoms with Gasteiger partial charge in [-0.1, -0.05) is 25.7 Å². The fraction of sp³-hybridized carbons (Fsp3) is 0.500. The van der Waals surface area contributed by atoms with Crippen molar-refractivity contribution in [2.45, 2.75) is 24.3 Å². The molecule has 0 radical (unpaired) electrons. The molecule has 1 aliphatic rings. The highest BCUT2D eigenvalue weighted by molar-refractivity contribution is 8.00. The number of thiophene rings is 1. The third kappa shape index (κ3) is 3.75. The Hall–Kier alpha value is -0.960. The average molecular weight is 294 g/mol. The number of nitrogens with two attached hydrogens (primary N) is 1. The molecule has 1 saturated heterocycles. The van der Waals surface area contributed by atoms with Gasteiger partial charge in [0.25, 0.3) is 5.91 Å². The summed E-state index contributed by atoms with van der Waals surface area (Å²) in [6.07, 6.45) is 0. The van der Waals surface area contributed by atoms with E-state index in [2.05, 4.69) is 25.7 Å². The summed E-state index contributed by atoms with van der Waals surface area (Å²) in [5.74, 6) is 5.91. The topological polar surface area (TPSA) is 46.3 Å². The first-order valence-corrected chi connectivity index (χ1v) is 8.09. The number of hydrogen-bond donors (Lipinski definition) is 1. The second-order valence-electron chi connectivity index (χ2n) is 4.64. The first-order valence-electron chi connectivity index (χ1n) is 6.33. The van der Waals surface area contributed by atoms with E-state index in [4.69, 9.17) is 5.73 Å². The number of hydrogen-bond acceptors (Lipinski definition) is 4. The van der Waals surface area contributed by atoms with Gasteiger partial charge >= 0.3 is 0 Å². The number of thioether (sulfide) groups is 1. The summed E-state index contributed by atoms with van der Waals surface area (Å²) in [5.41, 5.74) is 5.34. The maximum atomic E-state index is 12.4. The van der Waals surface area contributed by atoms with Crippen LogP contribution in [0.2, 0.25) is 0 Å². The number of carbonyl (C=O) groups is 1. The average Bonchev–Trinajstić information content (AvgIpc) is 2.83. The van der Waals surface area contributed by atoms with Gasteiger partial charge in [-0.05, 0) is 12.1 Å². The van der Waals surface area contributed by atoms with Gasteiger partial charge in [0, 0.05) is 23.6 Å². The van der Waals surface area contributed by atoms with Crippen molar-refractivity contribution >= 4 is 29.0 Å². The molecule has 1 aromatic rings. The molecule has 2 N–H and O–H groups in total. The van der Waals surface area contributed by atoms with Gasteiger partial charge < -0.3 is 10.6 Å². The Kier molecular flexibility index (Phi) is 4.92. The number of amides is 1. The van der Waals surface area contributed by atoms with Crippen LogP contribution < -0.4 is 5.73 Å². The lowest BCUT2D eigenvalue weighted by Gasteiger charge is -2.34. The van der Waals surface area contributed by atoms with E-state index in [-0.39, 0.29) is 5.91 Å². The van der Waals surface area contributed by atoms with E-state index < -0.39 is 0 Å². The lowest BCUT2D eigenvalue weighted by Crippen LogP contribution is -2.43. The summed E-state index contributed by atoms with van der Waals surface area (Å²) >= 11 is 3.40. The summed E-state index contributed by atoms with van der Waals surface area (Å²) in [7, 11) is 0. The predicted molar refractivity (Wildman–Crippen MR) is 82.7 cm³/mol. The molecule has 0 aliphatic carbocycles. The predicted octanol–water partition coefficient (Wildman–Crippen LogP) is 2.02. The quantitative estimate of drug-likeness (QED) is 0.806. The highest BCUT2D eigenvalue weighted by Crippen LogP contribution is 2.27. The van der Waals surface area contributed by atoms with Crippen molar-refractivity contribution in [1.29, 1.82) is 0 Å². The molecule has 0 spiro atoms. The van der Waals surface area contributed by atoms with Crippen LogP contribution in [0.15, 0.2) is 12.1 Å². The molecule has 1 fully saturated rings. The van der Waals surface area contributed by atoms with E-state index in [1.54, 1.807) is 0 Å². The van der Waals surface area contributed by atoms with E-state index in [1.807, 2.05) is 28.8 Å². The Morgan fingerprint density at radius 3 is 2.74 bits per heavy atom. The van der Waals surface area contributed by atoms with Crippen LogP contribution in [0.1, 0.15) is 28.4 Å². The second-order valence-corrected chi connectivity index (χ2v) is 7.60. The van der Waals surface area contributed by atoms with Crippen LogP contribution in [0, 0.1) is 11.8 Å². The number of nitrogens with zero attached hydrogens (tertiary/aromatic N) is 1. The van der Waals surface area contributed by atoms with E-state index in [1.165, 1.54) is 11.3 Å². The summed E-state index contributed by atoms with van der Waals surface area (Å²) in [4.78, 5) is 16.1. The van der Waals surface area contributed by atoms with Gasteiger partial charge in [0.15, 0.2) is 0 Å². The molecule has 1 aromatic heterocycles. The SMILES string of the molecule is CC1CN(C(=O)c2ccc(C#CCN)s2)CC(C)S1. The third-order valence-electron chi connectivity index (χ3n) is 2.84. The first-order chi connectivity index (χ1) is 9.10. The summed E-state index contributed by atoms with van der Waals surface area (Å²) in [5, 5.41) is 1.01. The molecule has 102 valence electrons. The Bertz CT molecular complexity index is 505. The Morgan fingerprint density at radius 1 is 1.42 bits per heavy atom. The van der Waals surface area contributed by atoms with Gasteiger partial charge in [0.05, 0.1) is 16.3 Å². The van der Waals surface area contributed by atoms with Crippen molar-refractivity contribution in [2.75, 3.05) is 19.6 Å². The summed E-state index contributed by atoms with van der Waals surface area (Å²) in [6, 6.07) is 3.76. The molecule has 0 saturated carbocycles. The fourth-order valence-electron chi connectivity index (χ4n) is 2.16. The summed E-state index contributed by atoms with van der Waals surface area (Å²) < 4.78 is 0. The monoisotopic (exact) mass is 294 g/mol. The maximum absolute atomic E-state index is 12.4. The van der Waals surface area contributed by atoms with E-state index in [0.717, 1.165) is 22.8 Å². The van der Waals surface area contributed by atoms with Gasteiger partial charge in [-0.2, -0.15) is 11.8 Å². The molecule has 2 unspecified atom stereocenters. The molecule has 0 aromatic carbocycles. The Balaban J connectivity index is 2.08. The third-order valence-corrected chi connectivity index (χ3v) is 5.05. The van der Waals surface area contributed by atoms with Crippen LogP contribution >= 0.6 is 23.1 Å². The minimum absolute atomic E-state index is 0.129. The standard InChI is InChI=1S/C14H18N2OS2/c1-10-8-16(9-11(2)18-10)14(17)13-6-5-12(19-13)4-3-7-15/h5-6,10-11H,7-9,15H2,1-2H3. The Morgan fingerprint density at radius 2 is 2.11 bits per heavy atom. The first kappa shape index (κ1) is 14.4. The molecule has 2 heterocycles. The lowest BCUT2D eigenvalue weighted by molar-refractivity contribution is 0.0758. The minimum atomic E-state index is 0.129. The molecule has 3 nitrogen and oxygen atoms in total. The molecular formula is C14H18N2OS2. The molecule has 19 heavy (non-hydrogen) atoms. The van der Waals surface area contributed by atoms with Crippen LogP contribution in [0.3, 0.4) is 0 Å². The van der Waals surface area contributed by atoms with Crippen LogP contribution in [0.25, 0.3) is 0 Å². The van der Waals surface area contributed by atoms with Gasteiger partial charge in [-0.25, -0.2) is 0 Å². The van der Waals surface area contributed by atoms with Crippen LogP contribution in [-0.4, -0.2) is 40.9 Å². The smallest absolute Gasteiger partial charge is 0.264 e. The fourth-order valence-corrected chi connectivity index (χ4v) is 4.33. The van der Waals surface area contributed by atoms with Gasteiger partial charge in [-0.15, -0.1) is 11.3 Å². The molecule has 1 aliphatic heterocycles. The van der Waals surface area contributed by atoms with Gasteiger partial charge in [-0.3, -0.25) is 4.79 Å². The highest BCUT2D eigenvalue weighted by Gasteiger charge is 2.27. The van der Waals surface area contributed by atoms with Gasteiger partial charge in [0.1, 0.15) is 0 Å². The van der Waals surface area contributed by atoms with Crippen molar-refractivity contribution in [3.05, 3.63) is 21.9 Å². The number of rotatable bonds is 1. The molecule has 5 heteroatoms. The zero-order valence-electron chi connectivity index (χ0n) is 11.2. The minimum Gasteiger partial charge on any atom is -0.336 e. The van der Waals surface area contributed by atoms with Crippen LogP contribution in [-0.2, 0) is 0 Å². The molecular weight excluding hydrogens is 276 g/mol. The largest absolute Gasteiger partial charge is 0.336 e. The number of carbonyl (C=O) groups excluding carboxylic acids is 1. The van der Waals surface area contributed by atoms with Crippen molar-refractivity contribution in [3.8, 4) is 11.8 Å². The highest BCUT2D eigenvalue weighted by atomic mass is 32.2. The van der Waals surface area contributed by atoms with Crippen LogP contribution in [0.5, 0.6) is 0 Å². The normalized spacial score (nSPS) is 22.8. The maximum Gasteiger partial charge on any atom is 0.264 e. The van der Waals surface area contributed by atoms with Crippen molar-refractivity contribution in [1.82, 2.24) is 4.90 Å². The molecule has 1 amide bonds. The summed E-state index contributed by atoms with van der Waals surface area (Å²) in [6.45, 7) is 6.35. The van der Waals surface area contributed by atoms with Crippen LogP contribution in [0.4, 0.5) is 0 Å². The molecule has 2 rings (SSSR count). The Labute approximate surface area is 122 Å².